The average Bonchev–Trinajstić information content (AvgIpc) is 2.59. The number of carbonyl (C=O) groups excluding carboxylic acids is 1. The highest BCUT2D eigenvalue weighted by Crippen LogP contribution is 2.21. The Kier molecular flexibility index (Phi) is 4.17. The first kappa shape index (κ1) is 14.6. The number of anilines is 1. The molecule has 0 atom stereocenters. The topological polar surface area (TPSA) is 89.7 Å². The Hall–Kier alpha value is -1.76. The summed E-state index contributed by atoms with van der Waals surface area (Å²) in [4.78, 5) is 13.9. The second kappa shape index (κ2) is 5.70. The molecular weight excluding hydrogens is 280 g/mol. The fraction of sp³-hybridized carbons (Fsp3) is 0.462. The first-order valence-corrected chi connectivity index (χ1v) is 8.18. The van der Waals surface area contributed by atoms with Crippen molar-refractivity contribution in [2.24, 2.45) is 0 Å². The summed E-state index contributed by atoms with van der Waals surface area (Å²) in [7, 11) is -1.51. The number of ether oxygens (including phenoxy) is 1. The molecule has 1 aliphatic rings. The van der Waals surface area contributed by atoms with Gasteiger partial charge in [-0.05, 0) is 18.6 Å². The van der Waals surface area contributed by atoms with Crippen molar-refractivity contribution >= 4 is 21.4 Å². The van der Waals surface area contributed by atoms with Crippen molar-refractivity contribution < 1.29 is 17.9 Å². The Morgan fingerprint density at radius 1 is 1.30 bits per heavy atom. The summed E-state index contributed by atoms with van der Waals surface area (Å²) in [6.07, 6.45) is 0.462. The Morgan fingerprint density at radius 2 is 2.05 bits per heavy atom. The number of hydrogen-bond donors (Lipinski definition) is 1. The molecule has 1 aromatic carbocycles. The van der Waals surface area contributed by atoms with Crippen LogP contribution in [0.1, 0.15) is 16.8 Å². The Balaban J connectivity index is 2.19. The van der Waals surface area contributed by atoms with Gasteiger partial charge in [-0.2, -0.15) is 0 Å². The monoisotopic (exact) mass is 298 g/mol. The number of methoxy groups -OCH3 is 1. The first-order chi connectivity index (χ1) is 9.43. The van der Waals surface area contributed by atoms with Gasteiger partial charge in [0, 0.05) is 24.8 Å². The number of hydrogen-bond acceptors (Lipinski definition) is 5. The van der Waals surface area contributed by atoms with Crippen LogP contribution in [0.25, 0.3) is 0 Å². The van der Waals surface area contributed by atoms with Crippen molar-refractivity contribution in [1.29, 1.82) is 0 Å². The van der Waals surface area contributed by atoms with Gasteiger partial charge in [-0.3, -0.25) is 4.79 Å². The summed E-state index contributed by atoms with van der Waals surface area (Å²) in [5.74, 6) is 0.490. The molecule has 2 N–H and O–H groups in total. The zero-order valence-electron chi connectivity index (χ0n) is 11.3. The van der Waals surface area contributed by atoms with Crippen LogP contribution >= 0.6 is 0 Å². The number of nitrogens with zero attached hydrogens (tertiary/aromatic N) is 1. The van der Waals surface area contributed by atoms with Crippen molar-refractivity contribution in [2.45, 2.75) is 6.42 Å². The maximum Gasteiger partial charge on any atom is 0.255 e. The number of rotatable bonds is 2. The van der Waals surface area contributed by atoms with Crippen LogP contribution in [0.15, 0.2) is 18.2 Å². The third-order valence-corrected chi connectivity index (χ3v) is 5.05. The molecule has 1 aliphatic heterocycles. The van der Waals surface area contributed by atoms with Crippen molar-refractivity contribution in [1.82, 2.24) is 4.90 Å². The summed E-state index contributed by atoms with van der Waals surface area (Å²) in [6, 6.07) is 4.86. The van der Waals surface area contributed by atoms with Crippen LogP contribution in [-0.4, -0.2) is 50.9 Å². The molecule has 20 heavy (non-hydrogen) atoms. The fourth-order valence-corrected chi connectivity index (χ4v) is 3.45. The second-order valence-corrected chi connectivity index (χ2v) is 7.05. The molecule has 1 heterocycles. The number of nitrogen functional groups attached to an aromatic ring is 1. The van der Waals surface area contributed by atoms with Gasteiger partial charge in [0.2, 0.25) is 0 Å². The van der Waals surface area contributed by atoms with Gasteiger partial charge >= 0.3 is 0 Å². The molecule has 6 nitrogen and oxygen atoms in total. The third kappa shape index (κ3) is 3.22. The molecule has 1 fully saturated rings. The highest BCUT2D eigenvalue weighted by atomic mass is 32.2. The van der Waals surface area contributed by atoms with E-state index in [4.69, 9.17) is 10.5 Å². The van der Waals surface area contributed by atoms with Gasteiger partial charge in [0.15, 0.2) is 9.84 Å². The molecule has 7 heteroatoms. The van der Waals surface area contributed by atoms with Crippen LogP contribution < -0.4 is 10.5 Å². The zero-order chi connectivity index (χ0) is 14.8. The minimum Gasteiger partial charge on any atom is -0.497 e. The summed E-state index contributed by atoms with van der Waals surface area (Å²) >= 11 is 0. The molecule has 1 aromatic rings. The highest BCUT2D eigenvalue weighted by molar-refractivity contribution is 7.91. The minimum absolute atomic E-state index is 0.00873. The lowest BCUT2D eigenvalue weighted by molar-refractivity contribution is 0.0769. The quantitative estimate of drug-likeness (QED) is 0.805. The highest BCUT2D eigenvalue weighted by Gasteiger charge is 2.24. The number of nitrogens with two attached hydrogens (primary N) is 1. The smallest absolute Gasteiger partial charge is 0.255 e. The average molecular weight is 298 g/mol. The van der Waals surface area contributed by atoms with E-state index in [1.807, 2.05) is 0 Å². The van der Waals surface area contributed by atoms with Gasteiger partial charge in [0.05, 0.1) is 24.2 Å². The van der Waals surface area contributed by atoms with Gasteiger partial charge in [-0.1, -0.05) is 0 Å². The lowest BCUT2D eigenvalue weighted by Gasteiger charge is -2.20. The predicted molar refractivity (Wildman–Crippen MR) is 76.6 cm³/mol. The SMILES string of the molecule is COc1ccc(C(=O)N2CCCS(=O)(=O)CC2)c(N)c1. The van der Waals surface area contributed by atoms with E-state index in [9.17, 15) is 13.2 Å². The van der Waals surface area contributed by atoms with Crippen molar-refractivity contribution in [3.8, 4) is 5.75 Å². The van der Waals surface area contributed by atoms with E-state index >= 15 is 0 Å². The van der Waals surface area contributed by atoms with E-state index in [1.165, 1.54) is 7.11 Å². The molecule has 1 amide bonds. The standard InChI is InChI=1S/C13H18N2O4S/c1-19-10-3-4-11(12(14)9-10)13(16)15-5-2-7-20(17,18)8-6-15/h3-4,9H,2,5-8,14H2,1H3. The Morgan fingerprint density at radius 3 is 2.70 bits per heavy atom. The lowest BCUT2D eigenvalue weighted by atomic mass is 10.1. The molecule has 0 aromatic heterocycles. The number of amides is 1. The summed E-state index contributed by atoms with van der Waals surface area (Å²) in [5, 5.41) is 0. The van der Waals surface area contributed by atoms with Gasteiger partial charge in [0.25, 0.3) is 5.91 Å². The maximum absolute atomic E-state index is 12.4. The third-order valence-electron chi connectivity index (χ3n) is 3.33. The van der Waals surface area contributed by atoms with Gasteiger partial charge in [-0.25, -0.2) is 8.42 Å². The molecule has 0 saturated carbocycles. The number of sulfone groups is 1. The van der Waals surface area contributed by atoms with E-state index in [2.05, 4.69) is 0 Å². The Bertz CT molecular complexity index is 613. The predicted octanol–water partition coefficient (Wildman–Crippen LogP) is 0.538. The van der Waals surface area contributed by atoms with Crippen LogP contribution in [0.3, 0.4) is 0 Å². The molecule has 0 unspecified atom stereocenters. The van der Waals surface area contributed by atoms with E-state index in [0.29, 0.717) is 30.0 Å². The summed E-state index contributed by atoms with van der Waals surface area (Å²) in [6.45, 7) is 0.649. The molecule has 0 bridgehead atoms. The summed E-state index contributed by atoms with van der Waals surface area (Å²) in [5.41, 5.74) is 6.57. The van der Waals surface area contributed by atoms with Crippen LogP contribution in [-0.2, 0) is 9.84 Å². The van der Waals surface area contributed by atoms with Crippen molar-refractivity contribution in [3.05, 3.63) is 23.8 Å². The fourth-order valence-electron chi connectivity index (χ4n) is 2.17. The second-order valence-electron chi connectivity index (χ2n) is 4.75. The minimum atomic E-state index is -3.03. The normalized spacial score (nSPS) is 18.4. The number of carbonyl (C=O) groups is 1. The molecule has 2 rings (SSSR count). The van der Waals surface area contributed by atoms with Gasteiger partial charge < -0.3 is 15.4 Å². The lowest BCUT2D eigenvalue weighted by Crippen LogP contribution is -2.34. The van der Waals surface area contributed by atoms with Gasteiger partial charge in [-0.15, -0.1) is 0 Å². The van der Waals surface area contributed by atoms with E-state index in [0.717, 1.165) is 0 Å². The van der Waals surface area contributed by atoms with Crippen LogP contribution in [0.4, 0.5) is 5.69 Å². The molecule has 0 spiro atoms. The molecular formula is C13H18N2O4S. The van der Waals surface area contributed by atoms with Crippen LogP contribution in [0.2, 0.25) is 0 Å². The molecule has 1 saturated heterocycles. The maximum atomic E-state index is 12.4. The largest absolute Gasteiger partial charge is 0.497 e. The van der Waals surface area contributed by atoms with E-state index < -0.39 is 9.84 Å². The first-order valence-electron chi connectivity index (χ1n) is 6.36. The van der Waals surface area contributed by atoms with Crippen LogP contribution in [0.5, 0.6) is 5.75 Å². The summed E-state index contributed by atoms with van der Waals surface area (Å²) < 4.78 is 28.1. The van der Waals surface area contributed by atoms with Gasteiger partial charge in [0.1, 0.15) is 5.75 Å². The number of benzene rings is 1. The van der Waals surface area contributed by atoms with Crippen LogP contribution in [0, 0.1) is 0 Å². The zero-order valence-corrected chi connectivity index (χ0v) is 12.1. The van der Waals surface area contributed by atoms with Crippen molar-refractivity contribution in [2.75, 3.05) is 37.4 Å². The molecule has 110 valence electrons. The van der Waals surface area contributed by atoms with E-state index in [1.54, 1.807) is 23.1 Å². The van der Waals surface area contributed by atoms with Crippen molar-refractivity contribution in [3.63, 3.8) is 0 Å². The molecule has 0 radical (unpaired) electrons. The Labute approximate surface area is 118 Å². The molecule has 0 aliphatic carbocycles. The van der Waals surface area contributed by atoms with E-state index in [-0.39, 0.29) is 24.0 Å².